The highest BCUT2D eigenvalue weighted by Gasteiger charge is 2.19. The molecule has 0 fully saturated rings. The molecule has 0 radical (unpaired) electrons. The molecule has 1 aliphatic heterocycles. The molecule has 0 unspecified atom stereocenters. The third kappa shape index (κ3) is 4.76. The third-order valence-electron chi connectivity index (χ3n) is 9.88. The Morgan fingerprint density at radius 1 is 0.480 bits per heavy atom. The number of nitrogens with one attached hydrogen (secondary N) is 1. The Kier molecular flexibility index (Phi) is 6.74. The van der Waals surface area contributed by atoms with Crippen LogP contribution in [0.4, 0.5) is 0 Å². The highest BCUT2D eigenvalue weighted by molar-refractivity contribution is 7.26. The van der Waals surface area contributed by atoms with Crippen molar-refractivity contribution in [3.05, 3.63) is 175 Å². The Morgan fingerprint density at radius 2 is 1.12 bits per heavy atom. The minimum atomic E-state index is 0.605. The second-order valence-corrected chi connectivity index (χ2v) is 13.8. The van der Waals surface area contributed by atoms with Gasteiger partial charge >= 0.3 is 0 Å². The molecule has 0 atom stereocenters. The lowest BCUT2D eigenvalue weighted by molar-refractivity contribution is 1.04. The minimum Gasteiger partial charge on any atom is -0.325 e. The van der Waals surface area contributed by atoms with Gasteiger partial charge in [-0.2, -0.15) is 0 Å². The van der Waals surface area contributed by atoms with Gasteiger partial charge in [-0.3, -0.25) is 4.57 Å². The zero-order chi connectivity index (χ0) is 33.0. The fraction of sp³-hybridized carbons (Fsp3) is 0.0217. The first kappa shape index (κ1) is 28.8. The number of benzene rings is 7. The van der Waals surface area contributed by atoms with Gasteiger partial charge in [0.25, 0.3) is 0 Å². The van der Waals surface area contributed by atoms with E-state index in [2.05, 4.69) is 180 Å². The van der Waals surface area contributed by atoms with Crippen molar-refractivity contribution in [2.45, 2.75) is 0 Å². The normalized spacial score (nSPS) is 13.1. The van der Waals surface area contributed by atoms with E-state index >= 15 is 0 Å². The van der Waals surface area contributed by atoms with Crippen LogP contribution in [0.15, 0.2) is 175 Å². The molecule has 1 aliphatic rings. The van der Waals surface area contributed by atoms with E-state index in [4.69, 9.17) is 4.99 Å². The molecule has 0 bridgehead atoms. The maximum atomic E-state index is 5.01. The van der Waals surface area contributed by atoms with E-state index in [-0.39, 0.29) is 0 Å². The fourth-order valence-electron chi connectivity index (χ4n) is 7.45. The van der Waals surface area contributed by atoms with Crippen molar-refractivity contribution in [1.29, 1.82) is 0 Å². The third-order valence-corrected chi connectivity index (χ3v) is 11.1. The summed E-state index contributed by atoms with van der Waals surface area (Å²) in [5.41, 5.74) is 11.8. The summed E-state index contributed by atoms with van der Waals surface area (Å²) in [5, 5.41) is 8.81. The van der Waals surface area contributed by atoms with Crippen molar-refractivity contribution in [1.82, 2.24) is 9.88 Å². The molecule has 2 aromatic heterocycles. The molecule has 3 nitrogen and oxygen atoms in total. The molecule has 0 aliphatic carbocycles. The van der Waals surface area contributed by atoms with Crippen molar-refractivity contribution in [2.75, 3.05) is 6.54 Å². The lowest BCUT2D eigenvalue weighted by Crippen LogP contribution is -2.31. The summed E-state index contributed by atoms with van der Waals surface area (Å²) in [5.74, 6) is 0.839. The van der Waals surface area contributed by atoms with Crippen LogP contribution in [-0.4, -0.2) is 17.1 Å². The fourth-order valence-corrected chi connectivity index (χ4v) is 8.68. The number of para-hydroxylation sites is 1. The Bertz CT molecular complexity index is 2800. The Balaban J connectivity index is 1.00. The SMILES string of the molecule is C1=C(c2cccc(-c3ccc(-c4ccccc4)cc3)c2)NC(n2c3ccccc3c3cc(-c4cccc5c4sc4ccccc45)ccc32)=NC1. The Morgan fingerprint density at radius 3 is 2.00 bits per heavy atom. The van der Waals surface area contributed by atoms with Crippen LogP contribution in [0.2, 0.25) is 0 Å². The number of aliphatic imine (C=N–C) groups is 1. The summed E-state index contributed by atoms with van der Waals surface area (Å²) in [7, 11) is 0. The van der Waals surface area contributed by atoms with Crippen LogP contribution in [-0.2, 0) is 0 Å². The number of thiophene rings is 1. The van der Waals surface area contributed by atoms with E-state index in [0.717, 1.165) is 28.3 Å². The van der Waals surface area contributed by atoms with Crippen molar-refractivity contribution in [2.24, 2.45) is 4.99 Å². The monoisotopic (exact) mass is 657 g/mol. The van der Waals surface area contributed by atoms with Gasteiger partial charge in [0.2, 0.25) is 5.96 Å². The first-order valence-electron chi connectivity index (χ1n) is 17.0. The molecule has 50 heavy (non-hydrogen) atoms. The summed E-state index contributed by atoms with van der Waals surface area (Å²) >= 11 is 1.88. The molecule has 9 aromatic rings. The van der Waals surface area contributed by atoms with E-state index < -0.39 is 0 Å². The molecule has 0 amide bonds. The number of nitrogens with zero attached hydrogens (tertiary/aromatic N) is 2. The quantitative estimate of drug-likeness (QED) is 0.200. The molecule has 0 spiro atoms. The Hall–Kier alpha value is -6.23. The molecule has 0 saturated heterocycles. The first-order chi connectivity index (χ1) is 24.8. The molecule has 7 aromatic carbocycles. The van der Waals surface area contributed by atoms with Crippen molar-refractivity contribution < 1.29 is 0 Å². The number of rotatable bonds is 4. The van der Waals surface area contributed by atoms with Crippen molar-refractivity contribution in [3.8, 4) is 33.4 Å². The van der Waals surface area contributed by atoms with E-state index in [1.165, 1.54) is 64.3 Å². The molecule has 236 valence electrons. The number of aromatic nitrogens is 1. The minimum absolute atomic E-state index is 0.605. The maximum absolute atomic E-state index is 5.01. The lowest BCUT2D eigenvalue weighted by Gasteiger charge is -2.20. The van der Waals surface area contributed by atoms with E-state index in [1.807, 2.05) is 11.3 Å². The van der Waals surface area contributed by atoms with Gasteiger partial charge in [0.05, 0.1) is 17.6 Å². The summed E-state index contributed by atoms with van der Waals surface area (Å²) in [6.07, 6.45) is 2.18. The van der Waals surface area contributed by atoms with Crippen LogP contribution in [0.1, 0.15) is 5.56 Å². The van der Waals surface area contributed by atoms with Crippen molar-refractivity contribution >= 4 is 65.0 Å². The molecule has 3 heterocycles. The van der Waals surface area contributed by atoms with E-state index in [0.29, 0.717) is 6.54 Å². The second kappa shape index (κ2) is 11.7. The Labute approximate surface area is 294 Å². The highest BCUT2D eigenvalue weighted by Crippen LogP contribution is 2.41. The highest BCUT2D eigenvalue weighted by atomic mass is 32.1. The predicted molar refractivity (Wildman–Crippen MR) is 214 cm³/mol. The zero-order valence-corrected chi connectivity index (χ0v) is 28.0. The van der Waals surface area contributed by atoms with Gasteiger partial charge in [0.15, 0.2) is 0 Å². The molecule has 4 heteroatoms. The van der Waals surface area contributed by atoms with Gasteiger partial charge in [0, 0.05) is 36.6 Å². The summed E-state index contributed by atoms with van der Waals surface area (Å²) in [6.45, 7) is 0.605. The molecular weight excluding hydrogens is 627 g/mol. The van der Waals surface area contributed by atoms with Gasteiger partial charge in [-0.05, 0) is 75.4 Å². The average Bonchev–Trinajstić information content (AvgIpc) is 3.74. The molecule has 10 rings (SSSR count). The lowest BCUT2D eigenvalue weighted by atomic mass is 9.98. The van der Waals surface area contributed by atoms with E-state index in [1.54, 1.807) is 0 Å². The van der Waals surface area contributed by atoms with Crippen LogP contribution < -0.4 is 5.32 Å². The summed E-state index contributed by atoms with van der Waals surface area (Å²) in [6, 6.07) is 59.1. The zero-order valence-electron chi connectivity index (χ0n) is 27.2. The maximum Gasteiger partial charge on any atom is 0.208 e. The van der Waals surface area contributed by atoms with Gasteiger partial charge in [0.1, 0.15) is 0 Å². The van der Waals surface area contributed by atoms with Gasteiger partial charge in [-0.15, -0.1) is 11.3 Å². The summed E-state index contributed by atoms with van der Waals surface area (Å²) in [4.78, 5) is 5.01. The van der Waals surface area contributed by atoms with Crippen molar-refractivity contribution in [3.63, 3.8) is 0 Å². The largest absolute Gasteiger partial charge is 0.325 e. The smallest absolute Gasteiger partial charge is 0.208 e. The van der Waals surface area contributed by atoms with Crippen LogP contribution in [0.25, 0.3) is 81.1 Å². The first-order valence-corrected chi connectivity index (χ1v) is 17.8. The number of fused-ring (bicyclic) bond motifs is 6. The number of hydrogen-bond acceptors (Lipinski definition) is 3. The molecule has 0 saturated carbocycles. The summed E-state index contributed by atoms with van der Waals surface area (Å²) < 4.78 is 4.94. The van der Waals surface area contributed by atoms with E-state index in [9.17, 15) is 0 Å². The standard InChI is InChI=1S/C46H31N3S/c1-2-10-30(11-3-1)31-20-22-32(23-21-31)33-12-8-13-35(28-33)41-26-27-47-46(48-41)49-42-18-6-4-14-37(42)40-29-34(24-25-43(40)49)36-16-9-17-39-38-15-5-7-19-44(38)50-45(36)39/h1-26,28-29H,27H2,(H,47,48). The van der Waals surface area contributed by atoms with Gasteiger partial charge < -0.3 is 5.32 Å². The van der Waals surface area contributed by atoms with Gasteiger partial charge in [-0.1, -0.05) is 133 Å². The van der Waals surface area contributed by atoms with Crippen LogP contribution in [0, 0.1) is 0 Å². The average molecular weight is 658 g/mol. The second-order valence-electron chi connectivity index (χ2n) is 12.8. The molecule has 1 N–H and O–H groups in total. The van der Waals surface area contributed by atoms with Crippen LogP contribution in [0.5, 0.6) is 0 Å². The topological polar surface area (TPSA) is 29.3 Å². The number of hydrogen-bond donors (Lipinski definition) is 1. The molecular formula is C46H31N3S. The van der Waals surface area contributed by atoms with Crippen LogP contribution in [0.3, 0.4) is 0 Å². The predicted octanol–water partition coefficient (Wildman–Crippen LogP) is 12.0. The van der Waals surface area contributed by atoms with Gasteiger partial charge in [-0.25, -0.2) is 4.99 Å². The van der Waals surface area contributed by atoms with Crippen LogP contribution >= 0.6 is 11.3 Å².